The van der Waals surface area contributed by atoms with Crippen LogP contribution >= 0.6 is 0 Å². The van der Waals surface area contributed by atoms with Crippen LogP contribution in [0.15, 0.2) is 24.3 Å². The summed E-state index contributed by atoms with van der Waals surface area (Å²) >= 11 is 0. The first kappa shape index (κ1) is 13.7. The molecule has 1 N–H and O–H groups in total. The molecule has 6 heteroatoms. The van der Waals surface area contributed by atoms with Crippen LogP contribution in [0.25, 0.3) is 0 Å². The van der Waals surface area contributed by atoms with E-state index < -0.39 is 0 Å². The lowest BCUT2D eigenvalue weighted by molar-refractivity contribution is 0.0730. The third-order valence-corrected chi connectivity index (χ3v) is 3.91. The molecular formula is C15H17FN4O. The number of nitrogens with zero attached hydrogens (tertiary/aromatic N) is 3. The molecule has 5 nitrogen and oxygen atoms in total. The van der Waals surface area contributed by atoms with E-state index in [0.717, 1.165) is 24.2 Å². The van der Waals surface area contributed by atoms with Gasteiger partial charge >= 0.3 is 0 Å². The predicted molar refractivity (Wildman–Crippen MR) is 75.3 cm³/mol. The molecular weight excluding hydrogens is 271 g/mol. The van der Waals surface area contributed by atoms with Crippen molar-refractivity contribution in [3.05, 3.63) is 47.3 Å². The molecule has 1 aliphatic rings. The van der Waals surface area contributed by atoms with E-state index in [4.69, 9.17) is 0 Å². The second-order valence-corrected chi connectivity index (χ2v) is 5.46. The number of hydrogen-bond donors (Lipinski definition) is 1. The Morgan fingerprint density at radius 3 is 2.67 bits per heavy atom. The van der Waals surface area contributed by atoms with Gasteiger partial charge in [-0.3, -0.25) is 9.89 Å². The van der Waals surface area contributed by atoms with E-state index in [-0.39, 0.29) is 23.6 Å². The Hall–Kier alpha value is -2.24. The zero-order valence-corrected chi connectivity index (χ0v) is 12.0. The summed E-state index contributed by atoms with van der Waals surface area (Å²) in [6.07, 6.45) is 2.20. The molecule has 1 unspecified atom stereocenters. The lowest BCUT2D eigenvalue weighted by Crippen LogP contribution is -2.30. The van der Waals surface area contributed by atoms with Crippen LogP contribution in [0, 0.1) is 5.82 Å². The molecule has 3 rings (SSSR count). The SMILES string of the molecule is CC(c1ccc(F)cc1)N(C)C(=O)c1n[nH]c(C2CC2)n1. The maximum Gasteiger partial charge on any atom is 0.293 e. The van der Waals surface area contributed by atoms with Crippen molar-refractivity contribution >= 4 is 5.91 Å². The third kappa shape index (κ3) is 2.79. The molecule has 2 aromatic rings. The van der Waals surface area contributed by atoms with Gasteiger partial charge in [-0.25, -0.2) is 9.37 Å². The van der Waals surface area contributed by atoms with E-state index in [1.54, 1.807) is 24.1 Å². The quantitative estimate of drug-likeness (QED) is 0.940. The monoisotopic (exact) mass is 288 g/mol. The summed E-state index contributed by atoms with van der Waals surface area (Å²) < 4.78 is 13.0. The van der Waals surface area contributed by atoms with Crippen molar-refractivity contribution in [3.63, 3.8) is 0 Å². The smallest absolute Gasteiger partial charge is 0.293 e. The molecule has 1 aromatic heterocycles. The van der Waals surface area contributed by atoms with E-state index in [9.17, 15) is 9.18 Å². The largest absolute Gasteiger partial charge is 0.332 e. The van der Waals surface area contributed by atoms with Crippen LogP contribution in [0.2, 0.25) is 0 Å². The average Bonchev–Trinajstić information content (AvgIpc) is 3.23. The first-order valence-electron chi connectivity index (χ1n) is 7.01. The highest BCUT2D eigenvalue weighted by Crippen LogP contribution is 2.37. The van der Waals surface area contributed by atoms with Crippen LogP contribution in [0.5, 0.6) is 0 Å². The Morgan fingerprint density at radius 1 is 1.38 bits per heavy atom. The molecule has 1 atom stereocenters. The molecule has 0 aliphatic heterocycles. The minimum absolute atomic E-state index is 0.180. The summed E-state index contributed by atoms with van der Waals surface area (Å²) in [7, 11) is 1.70. The molecule has 1 amide bonds. The van der Waals surface area contributed by atoms with E-state index in [0.29, 0.717) is 5.92 Å². The number of hydrogen-bond acceptors (Lipinski definition) is 3. The molecule has 1 heterocycles. The van der Waals surface area contributed by atoms with Gasteiger partial charge in [0.15, 0.2) is 0 Å². The zero-order valence-electron chi connectivity index (χ0n) is 12.0. The summed E-state index contributed by atoms with van der Waals surface area (Å²) in [5.41, 5.74) is 0.866. The standard InChI is InChI=1S/C15H17FN4O/c1-9(10-5-7-12(16)8-6-10)20(2)15(21)14-17-13(18-19-14)11-3-4-11/h5-9,11H,3-4H2,1-2H3,(H,17,18,19). The molecule has 110 valence electrons. The van der Waals surface area contributed by atoms with Gasteiger partial charge in [-0.05, 0) is 37.5 Å². The molecule has 1 aromatic carbocycles. The number of benzene rings is 1. The van der Waals surface area contributed by atoms with Gasteiger partial charge in [0.1, 0.15) is 11.6 Å². The molecule has 0 spiro atoms. The number of nitrogens with one attached hydrogen (secondary N) is 1. The number of rotatable bonds is 4. The van der Waals surface area contributed by atoms with Crippen molar-refractivity contribution in [1.82, 2.24) is 20.1 Å². The molecule has 1 fully saturated rings. The number of carbonyl (C=O) groups excluding carboxylic acids is 1. The molecule has 21 heavy (non-hydrogen) atoms. The number of aromatic nitrogens is 3. The van der Waals surface area contributed by atoms with Crippen LogP contribution in [0.1, 0.15) is 53.7 Å². The average molecular weight is 288 g/mol. The van der Waals surface area contributed by atoms with E-state index in [1.165, 1.54) is 12.1 Å². The third-order valence-electron chi connectivity index (χ3n) is 3.91. The van der Waals surface area contributed by atoms with Gasteiger partial charge in [0.05, 0.1) is 6.04 Å². The van der Waals surface area contributed by atoms with Crippen molar-refractivity contribution in [2.45, 2.75) is 31.7 Å². The first-order valence-corrected chi connectivity index (χ1v) is 7.01. The normalized spacial score (nSPS) is 15.8. The van der Waals surface area contributed by atoms with Crippen LogP contribution < -0.4 is 0 Å². The lowest BCUT2D eigenvalue weighted by atomic mass is 10.1. The van der Waals surface area contributed by atoms with Crippen molar-refractivity contribution in [2.75, 3.05) is 7.05 Å². The fourth-order valence-electron chi connectivity index (χ4n) is 2.21. The molecule has 0 radical (unpaired) electrons. The maximum atomic E-state index is 13.0. The van der Waals surface area contributed by atoms with Gasteiger partial charge in [-0.2, -0.15) is 0 Å². The predicted octanol–water partition coefficient (Wildman–Crippen LogP) is 2.65. The van der Waals surface area contributed by atoms with Crippen LogP contribution in [-0.2, 0) is 0 Å². The second-order valence-electron chi connectivity index (χ2n) is 5.46. The summed E-state index contributed by atoms with van der Waals surface area (Å²) in [6.45, 7) is 1.89. The number of amides is 1. The molecule has 0 saturated heterocycles. The van der Waals surface area contributed by atoms with Crippen LogP contribution in [0.3, 0.4) is 0 Å². The van der Waals surface area contributed by atoms with Crippen molar-refractivity contribution in [3.8, 4) is 0 Å². The number of halogens is 1. The summed E-state index contributed by atoms with van der Waals surface area (Å²) in [5, 5.41) is 6.83. The lowest BCUT2D eigenvalue weighted by Gasteiger charge is -2.24. The fraction of sp³-hybridized carbons (Fsp3) is 0.400. The van der Waals surface area contributed by atoms with Gasteiger partial charge < -0.3 is 4.90 Å². The Labute approximate surface area is 122 Å². The molecule has 0 bridgehead atoms. The Bertz CT molecular complexity index is 648. The summed E-state index contributed by atoms with van der Waals surface area (Å²) in [6, 6.07) is 5.96. The summed E-state index contributed by atoms with van der Waals surface area (Å²) in [5.74, 6) is 0.881. The Balaban J connectivity index is 1.74. The fourth-order valence-corrected chi connectivity index (χ4v) is 2.21. The number of H-pyrrole nitrogens is 1. The van der Waals surface area contributed by atoms with Gasteiger partial charge in [0.25, 0.3) is 5.91 Å². The van der Waals surface area contributed by atoms with E-state index in [2.05, 4.69) is 15.2 Å². The second kappa shape index (κ2) is 5.27. The van der Waals surface area contributed by atoms with Gasteiger partial charge in [-0.1, -0.05) is 12.1 Å². The molecule has 1 saturated carbocycles. The first-order chi connectivity index (χ1) is 10.1. The Morgan fingerprint density at radius 2 is 2.05 bits per heavy atom. The van der Waals surface area contributed by atoms with Crippen molar-refractivity contribution in [2.24, 2.45) is 0 Å². The zero-order chi connectivity index (χ0) is 15.0. The van der Waals surface area contributed by atoms with E-state index >= 15 is 0 Å². The van der Waals surface area contributed by atoms with Crippen molar-refractivity contribution in [1.29, 1.82) is 0 Å². The molecule has 1 aliphatic carbocycles. The van der Waals surface area contributed by atoms with E-state index in [1.807, 2.05) is 6.92 Å². The minimum atomic E-state index is -0.289. The minimum Gasteiger partial charge on any atom is -0.332 e. The highest BCUT2D eigenvalue weighted by Gasteiger charge is 2.29. The highest BCUT2D eigenvalue weighted by atomic mass is 19.1. The topological polar surface area (TPSA) is 61.9 Å². The van der Waals surface area contributed by atoms with Gasteiger partial charge in [-0.15, -0.1) is 5.10 Å². The summed E-state index contributed by atoms with van der Waals surface area (Å²) in [4.78, 5) is 18.2. The van der Waals surface area contributed by atoms with Crippen molar-refractivity contribution < 1.29 is 9.18 Å². The van der Waals surface area contributed by atoms with Crippen LogP contribution in [0.4, 0.5) is 4.39 Å². The number of carbonyl (C=O) groups is 1. The maximum absolute atomic E-state index is 13.0. The Kier molecular flexibility index (Phi) is 3.45. The highest BCUT2D eigenvalue weighted by molar-refractivity contribution is 5.90. The number of aromatic amines is 1. The van der Waals surface area contributed by atoms with Gasteiger partial charge in [0.2, 0.25) is 5.82 Å². The van der Waals surface area contributed by atoms with Gasteiger partial charge in [0, 0.05) is 13.0 Å². The van der Waals surface area contributed by atoms with Crippen LogP contribution in [-0.4, -0.2) is 33.0 Å².